The first-order chi connectivity index (χ1) is 12.7. The molecule has 0 radical (unpaired) electrons. The van der Waals surface area contributed by atoms with Gasteiger partial charge in [-0.15, -0.1) is 0 Å². The number of piperidine rings is 1. The van der Waals surface area contributed by atoms with Gasteiger partial charge in [-0.1, -0.05) is 6.07 Å². The number of carbonyl (C=O) groups is 1. The molecule has 0 aromatic carbocycles. The summed E-state index contributed by atoms with van der Waals surface area (Å²) in [4.78, 5) is 21.1. The molecule has 2 aromatic rings. The highest BCUT2D eigenvalue weighted by atomic mass is 16.5. The van der Waals surface area contributed by atoms with E-state index in [1.165, 1.54) is 0 Å². The summed E-state index contributed by atoms with van der Waals surface area (Å²) in [5.41, 5.74) is 0.892. The van der Waals surface area contributed by atoms with Gasteiger partial charge in [0.1, 0.15) is 11.9 Å². The fraction of sp³-hybridized carbons (Fsp3) is 0.500. The van der Waals surface area contributed by atoms with Gasteiger partial charge < -0.3 is 14.1 Å². The van der Waals surface area contributed by atoms with Crippen molar-refractivity contribution in [3.8, 4) is 0 Å². The quantitative estimate of drug-likeness (QED) is 0.824. The molecule has 0 saturated carbocycles. The molecule has 2 saturated heterocycles. The third-order valence-electron chi connectivity index (χ3n) is 5.37. The van der Waals surface area contributed by atoms with Crippen LogP contribution in [0.1, 0.15) is 24.3 Å². The van der Waals surface area contributed by atoms with Crippen molar-refractivity contribution in [1.82, 2.24) is 14.8 Å². The second-order valence-electron chi connectivity index (χ2n) is 7.28. The molecule has 4 rings (SSSR count). The molecule has 0 aliphatic carbocycles. The zero-order valence-corrected chi connectivity index (χ0v) is 15.1. The fourth-order valence-corrected chi connectivity index (χ4v) is 3.98. The molecular weight excluding hydrogens is 330 g/mol. The first kappa shape index (κ1) is 17.2. The van der Waals surface area contributed by atoms with Crippen LogP contribution in [0.2, 0.25) is 0 Å². The number of rotatable bonds is 5. The Bertz CT molecular complexity index is 719. The Morgan fingerprint density at radius 1 is 1.35 bits per heavy atom. The summed E-state index contributed by atoms with van der Waals surface area (Å²) in [6, 6.07) is 9.67. The van der Waals surface area contributed by atoms with E-state index in [-0.39, 0.29) is 18.1 Å². The highest BCUT2D eigenvalue weighted by Crippen LogP contribution is 2.34. The predicted octanol–water partition coefficient (Wildman–Crippen LogP) is 2.31. The Hall–Kier alpha value is -2.18. The number of likely N-dealkylation sites (N-methyl/N-ethyl adjacent to an activating group) is 1. The summed E-state index contributed by atoms with van der Waals surface area (Å²) >= 11 is 0. The van der Waals surface area contributed by atoms with Crippen LogP contribution in [0.5, 0.6) is 0 Å². The normalized spacial score (nSPS) is 25.8. The van der Waals surface area contributed by atoms with Gasteiger partial charge in [0.05, 0.1) is 31.2 Å². The predicted molar refractivity (Wildman–Crippen MR) is 96.1 cm³/mol. The van der Waals surface area contributed by atoms with Gasteiger partial charge in [0.2, 0.25) is 0 Å². The summed E-state index contributed by atoms with van der Waals surface area (Å²) in [5, 5.41) is 0. The second kappa shape index (κ2) is 7.60. The van der Waals surface area contributed by atoms with Crippen LogP contribution in [0.3, 0.4) is 0 Å². The van der Waals surface area contributed by atoms with Crippen LogP contribution in [0.4, 0.5) is 0 Å². The molecule has 26 heavy (non-hydrogen) atoms. The Morgan fingerprint density at radius 2 is 2.27 bits per heavy atom. The van der Waals surface area contributed by atoms with Gasteiger partial charge in [0.15, 0.2) is 0 Å². The molecule has 0 bridgehead atoms. The molecule has 6 nitrogen and oxygen atoms in total. The van der Waals surface area contributed by atoms with Gasteiger partial charge in [0, 0.05) is 19.8 Å². The lowest BCUT2D eigenvalue weighted by atomic mass is 9.91. The lowest BCUT2D eigenvalue weighted by molar-refractivity contribution is -0.143. The molecule has 1 amide bonds. The molecular formula is C20H25N3O3. The topological polar surface area (TPSA) is 58.8 Å². The number of carbonyl (C=O) groups excluding carboxylic acids is 1. The van der Waals surface area contributed by atoms with Crippen LogP contribution in [0, 0.1) is 5.92 Å². The van der Waals surface area contributed by atoms with E-state index in [2.05, 4.69) is 9.88 Å². The highest BCUT2D eigenvalue weighted by molar-refractivity contribution is 5.81. The molecule has 2 aliphatic rings. The van der Waals surface area contributed by atoms with Crippen LogP contribution in [-0.2, 0) is 22.6 Å². The SMILES string of the molecule is CN(Cc1ccccn1)C(=O)[C@@H]1C[C@@H]2CCN(Cc3ccco3)C[C@@H]2O1. The summed E-state index contributed by atoms with van der Waals surface area (Å²) < 4.78 is 11.6. The first-order valence-corrected chi connectivity index (χ1v) is 9.24. The van der Waals surface area contributed by atoms with Crippen LogP contribution >= 0.6 is 0 Å². The number of hydrogen-bond donors (Lipinski definition) is 0. The van der Waals surface area contributed by atoms with Gasteiger partial charge in [-0.25, -0.2) is 0 Å². The highest BCUT2D eigenvalue weighted by Gasteiger charge is 2.42. The molecule has 2 aromatic heterocycles. The zero-order chi connectivity index (χ0) is 17.9. The van der Waals surface area contributed by atoms with Gasteiger partial charge in [-0.3, -0.25) is 14.7 Å². The smallest absolute Gasteiger partial charge is 0.251 e. The molecule has 2 fully saturated rings. The lowest BCUT2D eigenvalue weighted by Crippen LogP contribution is -2.42. The summed E-state index contributed by atoms with van der Waals surface area (Å²) in [6.45, 7) is 3.20. The summed E-state index contributed by atoms with van der Waals surface area (Å²) in [5.74, 6) is 1.51. The van der Waals surface area contributed by atoms with Gasteiger partial charge in [-0.2, -0.15) is 0 Å². The van der Waals surface area contributed by atoms with Crippen molar-refractivity contribution < 1.29 is 13.9 Å². The number of nitrogens with zero attached hydrogens (tertiary/aromatic N) is 3. The zero-order valence-electron chi connectivity index (χ0n) is 15.1. The van der Waals surface area contributed by atoms with Gasteiger partial charge in [0.25, 0.3) is 5.91 Å². The van der Waals surface area contributed by atoms with E-state index in [1.807, 2.05) is 37.4 Å². The Balaban J connectivity index is 1.32. The molecule has 0 unspecified atom stereocenters. The van der Waals surface area contributed by atoms with Gasteiger partial charge in [-0.05, 0) is 49.6 Å². The molecule has 2 aliphatic heterocycles. The molecule has 0 spiro atoms. The number of likely N-dealkylation sites (tertiary alicyclic amines) is 1. The number of fused-ring (bicyclic) bond motifs is 1. The Labute approximate surface area is 153 Å². The van der Waals surface area contributed by atoms with E-state index in [4.69, 9.17) is 9.15 Å². The molecule has 4 heterocycles. The summed E-state index contributed by atoms with van der Waals surface area (Å²) in [7, 11) is 1.82. The van der Waals surface area contributed by atoms with Crippen molar-refractivity contribution in [2.24, 2.45) is 5.92 Å². The van der Waals surface area contributed by atoms with E-state index in [0.29, 0.717) is 12.5 Å². The number of furan rings is 1. The number of pyridine rings is 1. The van der Waals surface area contributed by atoms with Crippen LogP contribution in [0.15, 0.2) is 47.2 Å². The number of ether oxygens (including phenoxy) is 1. The van der Waals surface area contributed by atoms with Crippen molar-refractivity contribution >= 4 is 5.91 Å². The number of aromatic nitrogens is 1. The minimum absolute atomic E-state index is 0.0580. The Kier molecular flexibility index (Phi) is 5.04. The van der Waals surface area contributed by atoms with E-state index in [9.17, 15) is 4.79 Å². The average Bonchev–Trinajstić information content (AvgIpc) is 3.31. The average molecular weight is 355 g/mol. The maximum atomic E-state index is 12.8. The minimum atomic E-state index is -0.331. The van der Waals surface area contributed by atoms with E-state index in [0.717, 1.165) is 43.9 Å². The Morgan fingerprint density at radius 3 is 3.04 bits per heavy atom. The van der Waals surface area contributed by atoms with Gasteiger partial charge >= 0.3 is 0 Å². The standard InChI is InChI=1S/C20H25N3O3/c1-22(12-16-5-2-3-8-21-16)20(24)18-11-15-7-9-23(14-19(15)26-18)13-17-6-4-10-25-17/h2-6,8,10,15,18-19H,7,9,11-14H2,1H3/t15-,18-,19-/m0/s1. The lowest BCUT2D eigenvalue weighted by Gasteiger charge is -2.33. The molecule has 3 atom stereocenters. The van der Waals surface area contributed by atoms with Crippen LogP contribution in [0.25, 0.3) is 0 Å². The van der Waals surface area contributed by atoms with E-state index in [1.54, 1.807) is 17.4 Å². The minimum Gasteiger partial charge on any atom is -0.468 e. The van der Waals surface area contributed by atoms with E-state index < -0.39 is 0 Å². The van der Waals surface area contributed by atoms with Crippen molar-refractivity contribution in [3.63, 3.8) is 0 Å². The number of amides is 1. The van der Waals surface area contributed by atoms with Crippen molar-refractivity contribution in [2.45, 2.75) is 38.1 Å². The maximum Gasteiger partial charge on any atom is 0.251 e. The second-order valence-corrected chi connectivity index (χ2v) is 7.28. The fourth-order valence-electron chi connectivity index (χ4n) is 3.98. The number of hydrogen-bond acceptors (Lipinski definition) is 5. The largest absolute Gasteiger partial charge is 0.468 e. The molecule has 6 heteroatoms. The van der Waals surface area contributed by atoms with Crippen LogP contribution < -0.4 is 0 Å². The maximum absolute atomic E-state index is 12.8. The molecule has 0 N–H and O–H groups in total. The van der Waals surface area contributed by atoms with Crippen molar-refractivity contribution in [2.75, 3.05) is 20.1 Å². The third-order valence-corrected chi connectivity index (χ3v) is 5.37. The molecule has 138 valence electrons. The third kappa shape index (κ3) is 3.81. The van der Waals surface area contributed by atoms with Crippen molar-refractivity contribution in [1.29, 1.82) is 0 Å². The summed E-state index contributed by atoms with van der Waals surface area (Å²) in [6.07, 6.45) is 5.16. The van der Waals surface area contributed by atoms with Crippen molar-refractivity contribution in [3.05, 3.63) is 54.2 Å². The first-order valence-electron chi connectivity index (χ1n) is 9.24. The van der Waals surface area contributed by atoms with Crippen LogP contribution in [-0.4, -0.2) is 53.0 Å². The monoisotopic (exact) mass is 355 g/mol. The van der Waals surface area contributed by atoms with E-state index >= 15 is 0 Å².